The van der Waals surface area contributed by atoms with Crippen LogP contribution in [0.4, 0.5) is 10.8 Å². The number of carbonyl (C=O) groups is 2. The Labute approximate surface area is 178 Å². The Balaban J connectivity index is 1.95. The molecule has 30 heavy (non-hydrogen) atoms. The van der Waals surface area contributed by atoms with Gasteiger partial charge in [0.25, 0.3) is 11.5 Å². The molecule has 1 fully saturated rings. The van der Waals surface area contributed by atoms with E-state index in [1.54, 1.807) is 11.4 Å². The second-order valence-electron chi connectivity index (χ2n) is 6.34. The minimum Gasteiger partial charge on any atom is -0.507 e. The first kappa shape index (κ1) is 19.7. The maximum Gasteiger partial charge on any atom is 0.301 e. The predicted octanol–water partition coefficient (Wildman–Crippen LogP) is 4.33. The molecule has 0 saturated carbocycles. The summed E-state index contributed by atoms with van der Waals surface area (Å²) in [6.45, 7) is 0. The van der Waals surface area contributed by atoms with Crippen molar-refractivity contribution in [3.63, 3.8) is 0 Å². The van der Waals surface area contributed by atoms with E-state index < -0.39 is 28.4 Å². The number of aromatic nitrogens is 1. The number of hydrogen-bond acceptors (Lipinski definition) is 7. The number of nitro benzene ring substituents is 1. The summed E-state index contributed by atoms with van der Waals surface area (Å²) in [6.07, 6.45) is 1.48. The molecule has 150 valence electrons. The quantitative estimate of drug-likeness (QED) is 0.212. The van der Waals surface area contributed by atoms with Gasteiger partial charge in [0.2, 0.25) is 0 Å². The van der Waals surface area contributed by atoms with Crippen molar-refractivity contribution in [1.29, 1.82) is 0 Å². The van der Waals surface area contributed by atoms with Crippen molar-refractivity contribution < 1.29 is 19.6 Å². The Morgan fingerprint density at radius 1 is 1.20 bits per heavy atom. The van der Waals surface area contributed by atoms with Gasteiger partial charge in [-0.2, -0.15) is 0 Å². The van der Waals surface area contributed by atoms with Crippen molar-refractivity contribution in [1.82, 2.24) is 4.98 Å². The summed E-state index contributed by atoms with van der Waals surface area (Å²) in [6, 6.07) is 10.6. The highest BCUT2D eigenvalue weighted by molar-refractivity contribution is 7.14. The third-order valence-electron chi connectivity index (χ3n) is 4.58. The van der Waals surface area contributed by atoms with Gasteiger partial charge in [-0.05, 0) is 29.8 Å². The van der Waals surface area contributed by atoms with Gasteiger partial charge in [0.1, 0.15) is 5.76 Å². The fourth-order valence-corrected chi connectivity index (χ4v) is 4.04. The molecule has 1 aliphatic rings. The summed E-state index contributed by atoms with van der Waals surface area (Å²) in [7, 11) is 0. The number of nitro groups is 1. The molecule has 10 heteroatoms. The summed E-state index contributed by atoms with van der Waals surface area (Å²) in [5, 5.41) is 24.5. The number of aliphatic hydroxyl groups excluding tert-OH is 1. The van der Waals surface area contributed by atoms with Crippen LogP contribution in [0.5, 0.6) is 0 Å². The number of hydrogen-bond donors (Lipinski definition) is 1. The Hall–Kier alpha value is -3.56. The number of aliphatic hydroxyl groups is 1. The molecule has 4 rings (SSSR count). The maximum absolute atomic E-state index is 12.9. The molecule has 0 bridgehead atoms. The van der Waals surface area contributed by atoms with Crippen LogP contribution in [-0.2, 0) is 9.59 Å². The molecular weight excluding hydrogens is 430 g/mol. The molecular formula is C20H12ClN3O5S. The third-order valence-corrected chi connectivity index (χ3v) is 5.61. The van der Waals surface area contributed by atoms with E-state index in [1.165, 1.54) is 48.7 Å². The Morgan fingerprint density at radius 3 is 2.57 bits per heavy atom. The zero-order valence-corrected chi connectivity index (χ0v) is 16.6. The van der Waals surface area contributed by atoms with E-state index in [0.717, 1.165) is 16.2 Å². The lowest BCUT2D eigenvalue weighted by molar-refractivity contribution is -0.384. The fraction of sp³-hybridized carbons (Fsp3) is 0.0500. The van der Waals surface area contributed by atoms with E-state index in [-0.39, 0.29) is 22.0 Å². The molecule has 1 aliphatic heterocycles. The van der Waals surface area contributed by atoms with Crippen LogP contribution >= 0.6 is 22.9 Å². The molecule has 1 unspecified atom stereocenters. The molecule has 0 aliphatic carbocycles. The molecule has 0 radical (unpaired) electrons. The zero-order valence-electron chi connectivity index (χ0n) is 15.1. The number of benzene rings is 2. The summed E-state index contributed by atoms with van der Waals surface area (Å²) in [5.74, 6) is -2.19. The van der Waals surface area contributed by atoms with Crippen molar-refractivity contribution in [3.8, 4) is 0 Å². The number of ketones is 1. The van der Waals surface area contributed by atoms with Gasteiger partial charge in [0.05, 0.1) is 16.5 Å². The highest BCUT2D eigenvalue weighted by Gasteiger charge is 2.48. The first-order chi connectivity index (χ1) is 14.4. The minimum atomic E-state index is -1.08. The number of carbonyl (C=O) groups excluding carboxylic acids is 2. The second-order valence-corrected chi connectivity index (χ2v) is 7.65. The Morgan fingerprint density at radius 2 is 1.93 bits per heavy atom. The summed E-state index contributed by atoms with van der Waals surface area (Å²) < 4.78 is 0. The maximum atomic E-state index is 12.9. The zero-order chi connectivity index (χ0) is 21.4. The number of amides is 1. The van der Waals surface area contributed by atoms with Crippen LogP contribution in [0, 0.1) is 10.1 Å². The van der Waals surface area contributed by atoms with Crippen LogP contribution in [0.3, 0.4) is 0 Å². The number of Topliss-reactive ketones (excluding diaryl/α,β-unsaturated/α-hetero) is 1. The van der Waals surface area contributed by atoms with Gasteiger partial charge in [-0.3, -0.25) is 24.6 Å². The highest BCUT2D eigenvalue weighted by Crippen LogP contribution is 2.43. The lowest BCUT2D eigenvalue weighted by atomic mass is 9.95. The molecule has 2 heterocycles. The monoisotopic (exact) mass is 441 g/mol. The van der Waals surface area contributed by atoms with Crippen LogP contribution < -0.4 is 4.90 Å². The van der Waals surface area contributed by atoms with Crippen molar-refractivity contribution in [2.24, 2.45) is 0 Å². The number of anilines is 1. The number of halogens is 1. The Bertz CT molecular complexity index is 1190. The molecule has 1 N–H and O–H groups in total. The molecule has 1 atom stereocenters. The number of rotatable bonds is 4. The van der Waals surface area contributed by atoms with E-state index >= 15 is 0 Å². The highest BCUT2D eigenvalue weighted by atomic mass is 35.5. The largest absolute Gasteiger partial charge is 0.507 e. The van der Waals surface area contributed by atoms with Crippen LogP contribution in [0.2, 0.25) is 5.02 Å². The normalized spacial score (nSPS) is 18.0. The first-order valence-corrected chi connectivity index (χ1v) is 9.85. The number of thiazole rings is 1. The smallest absolute Gasteiger partial charge is 0.301 e. The van der Waals surface area contributed by atoms with Gasteiger partial charge in [-0.15, -0.1) is 11.3 Å². The SMILES string of the molecule is O=C1C(=O)N(c2nccs2)C(c2cccc([N+](=O)[O-])c2)C1=C(O)c1ccc(Cl)cc1. The second kappa shape index (κ2) is 7.69. The molecule has 2 aromatic carbocycles. The molecule has 1 saturated heterocycles. The van der Waals surface area contributed by atoms with E-state index in [2.05, 4.69) is 4.98 Å². The average Bonchev–Trinajstić information content (AvgIpc) is 3.35. The van der Waals surface area contributed by atoms with Gasteiger partial charge in [-0.1, -0.05) is 23.7 Å². The lowest BCUT2D eigenvalue weighted by Gasteiger charge is -2.22. The Kier molecular flexibility index (Phi) is 5.06. The summed E-state index contributed by atoms with van der Waals surface area (Å²) in [5.41, 5.74) is 0.197. The van der Waals surface area contributed by atoms with Gasteiger partial charge in [0, 0.05) is 34.3 Å². The first-order valence-electron chi connectivity index (χ1n) is 8.59. The fourth-order valence-electron chi connectivity index (χ4n) is 3.25. The average molecular weight is 442 g/mol. The van der Waals surface area contributed by atoms with Crippen LogP contribution in [0.1, 0.15) is 17.2 Å². The lowest BCUT2D eigenvalue weighted by Crippen LogP contribution is -2.29. The van der Waals surface area contributed by atoms with E-state index in [1.807, 2.05) is 0 Å². The van der Waals surface area contributed by atoms with Gasteiger partial charge >= 0.3 is 5.91 Å². The van der Waals surface area contributed by atoms with Crippen molar-refractivity contribution in [3.05, 3.63) is 91.9 Å². The van der Waals surface area contributed by atoms with Gasteiger partial charge in [-0.25, -0.2) is 4.98 Å². The van der Waals surface area contributed by atoms with Crippen molar-refractivity contribution >= 4 is 51.2 Å². The van der Waals surface area contributed by atoms with E-state index in [4.69, 9.17) is 11.6 Å². The molecule has 8 nitrogen and oxygen atoms in total. The predicted molar refractivity (Wildman–Crippen MR) is 111 cm³/mol. The van der Waals surface area contributed by atoms with Gasteiger partial charge < -0.3 is 5.11 Å². The summed E-state index contributed by atoms with van der Waals surface area (Å²) in [4.78, 5) is 41.7. The minimum absolute atomic E-state index is 0.182. The molecule has 3 aromatic rings. The van der Waals surface area contributed by atoms with Crippen LogP contribution in [0.25, 0.3) is 5.76 Å². The number of non-ortho nitro benzene ring substituents is 1. The summed E-state index contributed by atoms with van der Waals surface area (Å²) >= 11 is 7.03. The third kappa shape index (κ3) is 3.34. The van der Waals surface area contributed by atoms with Crippen molar-refractivity contribution in [2.45, 2.75) is 6.04 Å². The molecule has 1 amide bonds. The van der Waals surface area contributed by atoms with Crippen LogP contribution in [0.15, 0.2) is 65.7 Å². The number of nitrogens with zero attached hydrogens (tertiary/aromatic N) is 3. The topological polar surface area (TPSA) is 114 Å². The molecule has 1 aromatic heterocycles. The standard InChI is InChI=1S/C20H12ClN3O5S/c21-13-6-4-11(5-7-13)17(25)15-16(12-2-1-3-14(10-12)24(28)29)23(19(27)18(15)26)20-22-8-9-30-20/h1-10,16,25H. The van der Waals surface area contributed by atoms with E-state index in [0.29, 0.717) is 10.6 Å². The van der Waals surface area contributed by atoms with Gasteiger partial charge in [0.15, 0.2) is 5.13 Å². The van der Waals surface area contributed by atoms with Crippen molar-refractivity contribution in [2.75, 3.05) is 4.90 Å². The molecule has 0 spiro atoms. The van der Waals surface area contributed by atoms with E-state index in [9.17, 15) is 24.8 Å². The van der Waals surface area contributed by atoms with Crippen LogP contribution in [-0.4, -0.2) is 26.7 Å².